The minimum atomic E-state index is 0.0170. The maximum atomic E-state index is 6.04. The van der Waals surface area contributed by atoms with Crippen LogP contribution < -0.4 is 5.73 Å². The van der Waals surface area contributed by atoms with Gasteiger partial charge in [0.1, 0.15) is 0 Å². The maximum absolute atomic E-state index is 6.04. The molecule has 2 N–H and O–H groups in total. The summed E-state index contributed by atoms with van der Waals surface area (Å²) in [4.78, 5) is 2.69. The monoisotopic (exact) mass is 238 g/mol. The van der Waals surface area contributed by atoms with Gasteiger partial charge in [0.2, 0.25) is 0 Å². The van der Waals surface area contributed by atoms with Crippen molar-refractivity contribution < 1.29 is 0 Å². The molecule has 0 aromatic carbocycles. The minimum Gasteiger partial charge on any atom is -0.326 e. The van der Waals surface area contributed by atoms with E-state index >= 15 is 0 Å². The molecule has 2 unspecified atom stereocenters. The normalized spacial score (nSPS) is 31.2. The van der Waals surface area contributed by atoms with Crippen LogP contribution in [0.3, 0.4) is 0 Å². The molecular formula is C15H30N2. The Morgan fingerprint density at radius 3 is 2.53 bits per heavy atom. The van der Waals surface area contributed by atoms with Gasteiger partial charge in [-0.05, 0) is 64.5 Å². The van der Waals surface area contributed by atoms with Gasteiger partial charge in [-0.15, -0.1) is 0 Å². The summed E-state index contributed by atoms with van der Waals surface area (Å²) in [6, 6.07) is 0. The molecule has 0 spiro atoms. The van der Waals surface area contributed by atoms with E-state index in [2.05, 4.69) is 18.7 Å². The van der Waals surface area contributed by atoms with Gasteiger partial charge in [-0.2, -0.15) is 0 Å². The molecule has 1 saturated carbocycles. The maximum Gasteiger partial charge on any atom is 0.00975 e. The highest BCUT2D eigenvalue weighted by Gasteiger charge is 2.30. The van der Waals surface area contributed by atoms with Crippen molar-refractivity contribution >= 4 is 0 Å². The van der Waals surface area contributed by atoms with E-state index in [1.54, 1.807) is 0 Å². The second-order valence-corrected chi connectivity index (χ2v) is 6.99. The van der Waals surface area contributed by atoms with E-state index in [0.717, 1.165) is 18.3 Å². The molecule has 0 bridgehead atoms. The molecule has 1 aliphatic heterocycles. The van der Waals surface area contributed by atoms with Gasteiger partial charge in [0.05, 0.1) is 0 Å². The van der Waals surface area contributed by atoms with Gasteiger partial charge in [0.25, 0.3) is 0 Å². The molecule has 17 heavy (non-hydrogen) atoms. The molecule has 0 aromatic rings. The van der Waals surface area contributed by atoms with Crippen LogP contribution in [0.1, 0.15) is 58.8 Å². The Hall–Kier alpha value is -0.0800. The predicted octanol–water partition coefficient (Wildman–Crippen LogP) is 3.02. The average molecular weight is 238 g/mol. The molecule has 2 rings (SSSR count). The number of rotatable bonds is 4. The molecule has 100 valence electrons. The molecule has 1 aliphatic carbocycles. The van der Waals surface area contributed by atoms with E-state index in [1.165, 1.54) is 58.2 Å². The third-order valence-electron chi connectivity index (χ3n) is 4.67. The number of nitrogens with zero attached hydrogens (tertiary/aromatic N) is 1. The number of piperidine rings is 1. The van der Waals surface area contributed by atoms with Crippen LogP contribution in [0.4, 0.5) is 0 Å². The van der Waals surface area contributed by atoms with Crippen molar-refractivity contribution in [1.82, 2.24) is 4.90 Å². The quantitative estimate of drug-likeness (QED) is 0.816. The summed E-state index contributed by atoms with van der Waals surface area (Å²) in [7, 11) is 0. The summed E-state index contributed by atoms with van der Waals surface area (Å²) in [6.45, 7) is 8.26. The molecule has 2 nitrogen and oxygen atoms in total. The van der Waals surface area contributed by atoms with Crippen LogP contribution in [-0.2, 0) is 0 Å². The van der Waals surface area contributed by atoms with E-state index in [1.807, 2.05) is 0 Å². The second-order valence-electron chi connectivity index (χ2n) is 6.99. The van der Waals surface area contributed by atoms with Crippen molar-refractivity contribution in [1.29, 1.82) is 0 Å². The number of nitrogens with two attached hydrogens (primary N) is 1. The second kappa shape index (κ2) is 5.71. The fraction of sp³-hybridized carbons (Fsp3) is 1.00. The van der Waals surface area contributed by atoms with Gasteiger partial charge in [0.15, 0.2) is 0 Å². The van der Waals surface area contributed by atoms with Crippen LogP contribution in [0.5, 0.6) is 0 Å². The van der Waals surface area contributed by atoms with Crippen LogP contribution >= 0.6 is 0 Å². The average Bonchev–Trinajstić information content (AvgIpc) is 2.27. The van der Waals surface area contributed by atoms with Crippen molar-refractivity contribution in [2.24, 2.45) is 17.6 Å². The third kappa shape index (κ3) is 4.26. The SMILES string of the molecule is CC(C)(N)CCCN1CCC2CCCCC2C1. The van der Waals surface area contributed by atoms with Crippen molar-refractivity contribution in [2.45, 2.75) is 64.3 Å². The van der Waals surface area contributed by atoms with Crippen LogP contribution in [0.15, 0.2) is 0 Å². The first kappa shape index (κ1) is 13.4. The zero-order valence-electron chi connectivity index (χ0n) is 11.8. The van der Waals surface area contributed by atoms with Crippen LogP contribution in [-0.4, -0.2) is 30.1 Å². The summed E-state index contributed by atoms with van der Waals surface area (Å²) < 4.78 is 0. The summed E-state index contributed by atoms with van der Waals surface area (Å²) in [6.07, 6.45) is 9.83. The summed E-state index contributed by atoms with van der Waals surface area (Å²) in [5.74, 6) is 2.08. The number of hydrogen-bond acceptors (Lipinski definition) is 2. The Morgan fingerprint density at radius 2 is 1.82 bits per heavy atom. The predicted molar refractivity (Wildman–Crippen MR) is 74.0 cm³/mol. The number of hydrogen-bond donors (Lipinski definition) is 1. The van der Waals surface area contributed by atoms with Crippen LogP contribution in [0.2, 0.25) is 0 Å². The largest absolute Gasteiger partial charge is 0.326 e. The molecule has 2 heteroatoms. The van der Waals surface area contributed by atoms with Crippen molar-refractivity contribution in [3.8, 4) is 0 Å². The van der Waals surface area contributed by atoms with E-state index in [-0.39, 0.29) is 5.54 Å². The summed E-state index contributed by atoms with van der Waals surface area (Å²) >= 11 is 0. The van der Waals surface area contributed by atoms with Crippen LogP contribution in [0.25, 0.3) is 0 Å². The molecule has 0 amide bonds. The molecule has 0 radical (unpaired) electrons. The zero-order valence-corrected chi connectivity index (χ0v) is 11.8. The molecule has 1 saturated heterocycles. The minimum absolute atomic E-state index is 0.0170. The molecule has 2 aliphatic rings. The first-order chi connectivity index (χ1) is 8.04. The van der Waals surface area contributed by atoms with E-state index < -0.39 is 0 Å². The third-order valence-corrected chi connectivity index (χ3v) is 4.67. The van der Waals surface area contributed by atoms with Crippen molar-refractivity contribution in [2.75, 3.05) is 19.6 Å². The highest BCUT2D eigenvalue weighted by molar-refractivity contribution is 4.83. The molecule has 1 heterocycles. The lowest BCUT2D eigenvalue weighted by atomic mass is 9.75. The number of fused-ring (bicyclic) bond motifs is 1. The topological polar surface area (TPSA) is 29.3 Å². The standard InChI is InChI=1S/C15H30N2/c1-15(2,16)9-5-10-17-11-8-13-6-3-4-7-14(13)12-17/h13-14H,3-12,16H2,1-2H3. The first-order valence-electron chi connectivity index (χ1n) is 7.56. The van der Waals surface area contributed by atoms with Crippen molar-refractivity contribution in [3.05, 3.63) is 0 Å². The van der Waals surface area contributed by atoms with Gasteiger partial charge >= 0.3 is 0 Å². The first-order valence-corrected chi connectivity index (χ1v) is 7.56. The highest BCUT2D eigenvalue weighted by Crippen LogP contribution is 2.36. The summed E-state index contributed by atoms with van der Waals surface area (Å²) in [5.41, 5.74) is 6.06. The lowest BCUT2D eigenvalue weighted by molar-refractivity contribution is 0.0847. The lowest BCUT2D eigenvalue weighted by Crippen LogP contribution is -2.42. The Bertz CT molecular complexity index is 232. The van der Waals surface area contributed by atoms with E-state index in [0.29, 0.717) is 0 Å². The highest BCUT2D eigenvalue weighted by atomic mass is 15.1. The van der Waals surface area contributed by atoms with Crippen LogP contribution in [0, 0.1) is 11.8 Å². The van der Waals surface area contributed by atoms with Gasteiger partial charge in [0, 0.05) is 12.1 Å². The number of likely N-dealkylation sites (tertiary alicyclic amines) is 1. The van der Waals surface area contributed by atoms with Gasteiger partial charge in [-0.1, -0.05) is 19.3 Å². The molecule has 2 fully saturated rings. The molecular weight excluding hydrogens is 208 g/mol. The Balaban J connectivity index is 1.69. The lowest BCUT2D eigenvalue weighted by Gasteiger charge is -2.41. The zero-order chi connectivity index (χ0) is 12.3. The molecule has 0 aromatic heterocycles. The van der Waals surface area contributed by atoms with Gasteiger partial charge in [-0.25, -0.2) is 0 Å². The Kier molecular flexibility index (Phi) is 4.48. The fourth-order valence-electron chi connectivity index (χ4n) is 3.64. The Labute approximate surface area is 107 Å². The van der Waals surface area contributed by atoms with Gasteiger partial charge < -0.3 is 10.6 Å². The Morgan fingerprint density at radius 1 is 1.12 bits per heavy atom. The van der Waals surface area contributed by atoms with Gasteiger partial charge in [-0.3, -0.25) is 0 Å². The molecule has 2 atom stereocenters. The summed E-state index contributed by atoms with van der Waals surface area (Å²) in [5, 5.41) is 0. The van der Waals surface area contributed by atoms with E-state index in [4.69, 9.17) is 5.73 Å². The van der Waals surface area contributed by atoms with Crippen molar-refractivity contribution in [3.63, 3.8) is 0 Å². The smallest absolute Gasteiger partial charge is 0.00975 e. The van der Waals surface area contributed by atoms with E-state index in [9.17, 15) is 0 Å². The fourth-order valence-corrected chi connectivity index (χ4v) is 3.64.